The van der Waals surface area contributed by atoms with Crippen LogP contribution in [0.25, 0.3) is 0 Å². The summed E-state index contributed by atoms with van der Waals surface area (Å²) in [5.74, 6) is -0.669. The number of anilines is 2. The first-order chi connectivity index (χ1) is 16.0. The van der Waals surface area contributed by atoms with Gasteiger partial charge >= 0.3 is 0 Å². The van der Waals surface area contributed by atoms with Crippen molar-refractivity contribution in [3.8, 4) is 0 Å². The summed E-state index contributed by atoms with van der Waals surface area (Å²) in [5.41, 5.74) is 3.88. The van der Waals surface area contributed by atoms with Crippen molar-refractivity contribution in [3.05, 3.63) is 52.6 Å². The van der Waals surface area contributed by atoms with Gasteiger partial charge in [0.25, 0.3) is 15.9 Å². The Bertz CT molecular complexity index is 1190. The zero-order valence-corrected chi connectivity index (χ0v) is 21.2. The van der Waals surface area contributed by atoms with Gasteiger partial charge in [-0.05, 0) is 61.7 Å². The van der Waals surface area contributed by atoms with Gasteiger partial charge in [-0.1, -0.05) is 6.07 Å². The Morgan fingerprint density at radius 3 is 2.32 bits per heavy atom. The highest BCUT2D eigenvalue weighted by Gasteiger charge is 2.24. The molecule has 0 aromatic heterocycles. The number of aryl methyl sites for hydroxylation is 3. The third-order valence-electron chi connectivity index (χ3n) is 6.03. The quantitative estimate of drug-likeness (QED) is 0.548. The minimum atomic E-state index is -3.91. The van der Waals surface area contributed by atoms with Crippen LogP contribution in [0.2, 0.25) is 0 Å². The van der Waals surface area contributed by atoms with Gasteiger partial charge in [0.05, 0.1) is 22.8 Å². The van der Waals surface area contributed by atoms with Crippen molar-refractivity contribution in [1.29, 1.82) is 0 Å². The standard InChI is InChI=1S/C24H33N5O4S/c1-16-12-18(3)22(13-17(16)2)34(32,33)27-20-14-19(24(31)28(5)15-23(30)25-4)6-7-21(20)29-10-8-26-9-11-29/h6-7,12-14,26-27H,8-11,15H2,1-5H3,(H,25,30). The van der Waals surface area contributed by atoms with Gasteiger partial charge in [0.15, 0.2) is 0 Å². The molecule has 3 N–H and O–H groups in total. The van der Waals surface area contributed by atoms with E-state index in [1.54, 1.807) is 31.2 Å². The molecule has 0 saturated carbocycles. The number of amides is 2. The predicted octanol–water partition coefficient (Wildman–Crippen LogP) is 1.64. The van der Waals surface area contributed by atoms with Gasteiger partial charge in [-0.25, -0.2) is 8.42 Å². The highest BCUT2D eigenvalue weighted by molar-refractivity contribution is 7.92. The molecule has 2 aromatic rings. The number of piperazine rings is 1. The molecule has 2 aromatic carbocycles. The van der Waals surface area contributed by atoms with Crippen molar-refractivity contribution in [2.75, 3.05) is 56.4 Å². The van der Waals surface area contributed by atoms with Gasteiger partial charge in [-0.3, -0.25) is 14.3 Å². The van der Waals surface area contributed by atoms with Crippen LogP contribution in [0, 0.1) is 20.8 Å². The van der Waals surface area contributed by atoms with Crippen LogP contribution >= 0.6 is 0 Å². The summed E-state index contributed by atoms with van der Waals surface area (Å²) < 4.78 is 29.6. The van der Waals surface area contributed by atoms with Gasteiger partial charge < -0.3 is 20.4 Å². The molecule has 9 nitrogen and oxygen atoms in total. The molecule has 0 unspecified atom stereocenters. The molecule has 3 rings (SSSR count). The first kappa shape index (κ1) is 25.5. The molecule has 1 saturated heterocycles. The summed E-state index contributed by atoms with van der Waals surface area (Å²) in [4.78, 5) is 28.2. The molecular formula is C24H33N5O4S. The summed E-state index contributed by atoms with van der Waals surface area (Å²) in [6.07, 6.45) is 0. The Kier molecular flexibility index (Phi) is 7.83. The van der Waals surface area contributed by atoms with E-state index >= 15 is 0 Å². The van der Waals surface area contributed by atoms with E-state index in [1.165, 1.54) is 19.0 Å². The minimum Gasteiger partial charge on any atom is -0.367 e. The van der Waals surface area contributed by atoms with Crippen LogP contribution in [-0.4, -0.2) is 72.0 Å². The van der Waals surface area contributed by atoms with Gasteiger partial charge in [0, 0.05) is 45.8 Å². The van der Waals surface area contributed by atoms with Gasteiger partial charge in [-0.15, -0.1) is 0 Å². The number of hydrogen-bond acceptors (Lipinski definition) is 6. The molecule has 0 aliphatic carbocycles. The zero-order valence-electron chi connectivity index (χ0n) is 20.4. The lowest BCUT2D eigenvalue weighted by Gasteiger charge is -2.31. The smallest absolute Gasteiger partial charge is 0.262 e. The Hall–Kier alpha value is -3.11. The monoisotopic (exact) mass is 487 g/mol. The summed E-state index contributed by atoms with van der Waals surface area (Å²) in [6, 6.07) is 8.50. The molecule has 10 heteroatoms. The summed E-state index contributed by atoms with van der Waals surface area (Å²) in [7, 11) is -0.875. The third-order valence-corrected chi connectivity index (χ3v) is 7.54. The fourth-order valence-corrected chi connectivity index (χ4v) is 5.32. The average Bonchev–Trinajstić information content (AvgIpc) is 2.80. The van der Waals surface area contributed by atoms with Crippen LogP contribution in [0.4, 0.5) is 11.4 Å². The molecule has 1 aliphatic heterocycles. The van der Waals surface area contributed by atoms with Crippen molar-refractivity contribution in [1.82, 2.24) is 15.5 Å². The van der Waals surface area contributed by atoms with E-state index in [0.29, 0.717) is 35.6 Å². The van der Waals surface area contributed by atoms with Crippen molar-refractivity contribution < 1.29 is 18.0 Å². The molecule has 184 valence electrons. The zero-order chi connectivity index (χ0) is 25.0. The highest BCUT2D eigenvalue weighted by Crippen LogP contribution is 2.31. The SMILES string of the molecule is CNC(=O)CN(C)C(=O)c1ccc(N2CCNCC2)c(NS(=O)(=O)c2cc(C)c(C)cc2C)c1. The lowest BCUT2D eigenvalue weighted by molar-refractivity contribution is -0.121. The molecule has 0 radical (unpaired) electrons. The van der Waals surface area contributed by atoms with Crippen LogP contribution in [-0.2, 0) is 14.8 Å². The second kappa shape index (κ2) is 10.4. The van der Waals surface area contributed by atoms with E-state index in [9.17, 15) is 18.0 Å². The molecule has 1 heterocycles. The third kappa shape index (κ3) is 5.68. The van der Waals surface area contributed by atoms with Crippen molar-refractivity contribution in [2.45, 2.75) is 25.7 Å². The first-order valence-electron chi connectivity index (χ1n) is 11.2. The van der Waals surface area contributed by atoms with E-state index in [4.69, 9.17) is 0 Å². The number of nitrogens with one attached hydrogen (secondary N) is 3. The molecule has 34 heavy (non-hydrogen) atoms. The topological polar surface area (TPSA) is 111 Å². The number of benzene rings is 2. The molecule has 0 spiro atoms. The Balaban J connectivity index is 2.02. The highest BCUT2D eigenvalue weighted by atomic mass is 32.2. The molecule has 1 fully saturated rings. The fraction of sp³-hybridized carbons (Fsp3) is 0.417. The fourth-order valence-electron chi connectivity index (χ4n) is 3.94. The Labute approximate surface area is 201 Å². The Morgan fingerprint density at radius 2 is 1.68 bits per heavy atom. The van der Waals surface area contributed by atoms with E-state index in [-0.39, 0.29) is 23.3 Å². The molecule has 2 amide bonds. The van der Waals surface area contributed by atoms with Crippen LogP contribution in [0.3, 0.4) is 0 Å². The van der Waals surface area contributed by atoms with Crippen molar-refractivity contribution in [2.24, 2.45) is 0 Å². The average molecular weight is 488 g/mol. The molecule has 1 aliphatic rings. The van der Waals surface area contributed by atoms with E-state index in [1.807, 2.05) is 19.9 Å². The number of carbonyl (C=O) groups excluding carboxylic acids is 2. The Morgan fingerprint density at radius 1 is 1.03 bits per heavy atom. The summed E-state index contributed by atoms with van der Waals surface area (Å²) in [6.45, 7) is 8.46. The van der Waals surface area contributed by atoms with Crippen LogP contribution in [0.15, 0.2) is 35.2 Å². The van der Waals surface area contributed by atoms with E-state index in [2.05, 4.69) is 20.3 Å². The predicted molar refractivity (Wildman–Crippen MR) is 134 cm³/mol. The van der Waals surface area contributed by atoms with E-state index in [0.717, 1.165) is 24.2 Å². The number of nitrogens with zero attached hydrogens (tertiary/aromatic N) is 2. The van der Waals surface area contributed by atoms with Gasteiger partial charge in [0.2, 0.25) is 5.91 Å². The molecular weight excluding hydrogens is 454 g/mol. The lowest BCUT2D eigenvalue weighted by Crippen LogP contribution is -2.44. The number of carbonyl (C=O) groups is 2. The van der Waals surface area contributed by atoms with Crippen LogP contribution in [0.1, 0.15) is 27.0 Å². The minimum absolute atomic E-state index is 0.0994. The normalized spacial score (nSPS) is 14.0. The number of rotatable bonds is 7. The first-order valence-corrected chi connectivity index (χ1v) is 12.7. The second-order valence-corrected chi connectivity index (χ2v) is 10.3. The lowest BCUT2D eigenvalue weighted by atomic mass is 10.1. The maximum atomic E-state index is 13.4. The number of sulfonamides is 1. The van der Waals surface area contributed by atoms with Gasteiger partial charge in [0.1, 0.15) is 0 Å². The van der Waals surface area contributed by atoms with Gasteiger partial charge in [-0.2, -0.15) is 0 Å². The maximum absolute atomic E-state index is 13.4. The summed E-state index contributed by atoms with van der Waals surface area (Å²) in [5, 5.41) is 5.78. The largest absolute Gasteiger partial charge is 0.367 e. The summed E-state index contributed by atoms with van der Waals surface area (Å²) >= 11 is 0. The van der Waals surface area contributed by atoms with Crippen LogP contribution < -0.4 is 20.3 Å². The molecule has 0 atom stereocenters. The van der Waals surface area contributed by atoms with Crippen LogP contribution in [0.5, 0.6) is 0 Å². The second-order valence-electron chi connectivity index (χ2n) is 8.61. The number of hydrogen-bond donors (Lipinski definition) is 3. The number of likely N-dealkylation sites (N-methyl/N-ethyl adjacent to an activating group) is 2. The maximum Gasteiger partial charge on any atom is 0.262 e. The van der Waals surface area contributed by atoms with Crippen molar-refractivity contribution >= 4 is 33.2 Å². The van der Waals surface area contributed by atoms with E-state index < -0.39 is 10.0 Å². The molecule has 0 bridgehead atoms. The van der Waals surface area contributed by atoms with Crippen molar-refractivity contribution in [3.63, 3.8) is 0 Å².